The van der Waals surface area contributed by atoms with E-state index in [2.05, 4.69) is 4.98 Å². The van der Waals surface area contributed by atoms with Crippen LogP contribution in [0.15, 0.2) is 47.6 Å². The van der Waals surface area contributed by atoms with Gasteiger partial charge in [-0.3, -0.25) is 14.9 Å². The van der Waals surface area contributed by atoms with Gasteiger partial charge in [0.1, 0.15) is 5.03 Å². The number of halogens is 3. The Bertz CT molecular complexity index is 1010. The van der Waals surface area contributed by atoms with Gasteiger partial charge in [0.2, 0.25) is 0 Å². The molecule has 3 rings (SSSR count). The molecule has 0 unspecified atom stereocenters. The van der Waals surface area contributed by atoms with E-state index in [4.69, 9.17) is 4.74 Å². The number of ether oxygens (including phenoxy) is 1. The van der Waals surface area contributed by atoms with Crippen molar-refractivity contribution >= 4 is 35.0 Å². The molecule has 0 N–H and O–H groups in total. The molecule has 9 nitrogen and oxygen atoms in total. The molecular weight excluding hydrogens is 465 g/mol. The van der Waals surface area contributed by atoms with Gasteiger partial charge >= 0.3 is 12.1 Å². The van der Waals surface area contributed by atoms with E-state index in [1.165, 1.54) is 35.4 Å². The highest BCUT2D eigenvalue weighted by atomic mass is 32.2. The Kier molecular flexibility index (Phi) is 7.74. The van der Waals surface area contributed by atoms with Gasteiger partial charge in [0.05, 0.1) is 16.2 Å². The maximum absolute atomic E-state index is 12.5. The molecule has 1 aromatic carbocycles. The van der Waals surface area contributed by atoms with Crippen LogP contribution < -0.4 is 4.90 Å². The van der Waals surface area contributed by atoms with Crippen LogP contribution in [-0.2, 0) is 9.53 Å². The van der Waals surface area contributed by atoms with Crippen molar-refractivity contribution in [1.82, 2.24) is 9.88 Å². The number of carbonyl (C=O) groups is 2. The summed E-state index contributed by atoms with van der Waals surface area (Å²) in [6.45, 7) is 1.13. The van der Waals surface area contributed by atoms with Crippen molar-refractivity contribution in [3.05, 3.63) is 58.3 Å². The molecule has 1 fully saturated rings. The van der Waals surface area contributed by atoms with Crippen LogP contribution in [0, 0.1) is 10.1 Å². The molecule has 1 amide bonds. The van der Waals surface area contributed by atoms with Gasteiger partial charge in [-0.25, -0.2) is 9.78 Å². The van der Waals surface area contributed by atoms with Crippen molar-refractivity contribution in [3.63, 3.8) is 0 Å². The average Bonchev–Trinajstić information content (AvgIpc) is 2.81. The number of esters is 1. The van der Waals surface area contributed by atoms with Crippen LogP contribution in [-0.4, -0.2) is 71.4 Å². The first-order valence-corrected chi connectivity index (χ1v) is 10.7. The van der Waals surface area contributed by atoms with E-state index in [1.54, 1.807) is 12.1 Å². The quantitative estimate of drug-likeness (QED) is 0.255. The number of rotatable bonds is 7. The minimum Gasteiger partial charge on any atom is -0.452 e. The number of hydrogen-bond acceptors (Lipinski definition) is 8. The average molecular weight is 484 g/mol. The van der Waals surface area contributed by atoms with Crippen molar-refractivity contribution in [1.29, 1.82) is 0 Å². The molecule has 0 bridgehead atoms. The van der Waals surface area contributed by atoms with Crippen LogP contribution in [0.25, 0.3) is 0 Å². The summed E-state index contributed by atoms with van der Waals surface area (Å²) in [4.78, 5) is 42.3. The van der Waals surface area contributed by atoms with Gasteiger partial charge in [0.25, 0.3) is 11.6 Å². The van der Waals surface area contributed by atoms with E-state index in [0.717, 1.165) is 5.69 Å². The molecule has 2 heterocycles. The topological polar surface area (TPSA) is 106 Å². The summed E-state index contributed by atoms with van der Waals surface area (Å²) in [5.74, 6) is -2.56. The first kappa shape index (κ1) is 24.3. The number of carbonyl (C=O) groups excluding carboxylic acids is 2. The number of anilines is 1. The molecule has 0 radical (unpaired) electrons. The van der Waals surface area contributed by atoms with E-state index in [0.29, 0.717) is 37.9 Å². The van der Waals surface area contributed by atoms with Crippen molar-refractivity contribution in [2.45, 2.75) is 11.2 Å². The van der Waals surface area contributed by atoms with Crippen LogP contribution in [0.5, 0.6) is 0 Å². The normalized spacial score (nSPS) is 14.2. The Morgan fingerprint density at radius 2 is 1.79 bits per heavy atom. The van der Waals surface area contributed by atoms with Crippen molar-refractivity contribution in [3.8, 4) is 0 Å². The van der Waals surface area contributed by atoms with E-state index in [9.17, 15) is 32.9 Å². The number of benzene rings is 1. The SMILES string of the molecule is O=C(OCC(=O)N1CCN(c2ccc([N+](=O)[O-])cc2)CC1)c1cccnc1SCC(F)(F)F. The Morgan fingerprint density at radius 3 is 2.39 bits per heavy atom. The summed E-state index contributed by atoms with van der Waals surface area (Å²) < 4.78 is 42.4. The second-order valence-electron chi connectivity index (χ2n) is 6.98. The van der Waals surface area contributed by atoms with Crippen LogP contribution in [0.4, 0.5) is 24.5 Å². The van der Waals surface area contributed by atoms with Crippen molar-refractivity contribution in [2.75, 3.05) is 43.4 Å². The lowest BCUT2D eigenvalue weighted by molar-refractivity contribution is -0.384. The van der Waals surface area contributed by atoms with Gasteiger partial charge in [-0.1, -0.05) is 11.8 Å². The molecule has 1 aliphatic heterocycles. The fraction of sp³-hybridized carbons (Fsp3) is 0.350. The summed E-state index contributed by atoms with van der Waals surface area (Å²) in [6.07, 6.45) is -3.15. The van der Waals surface area contributed by atoms with Gasteiger partial charge in [0.15, 0.2) is 6.61 Å². The van der Waals surface area contributed by atoms with Gasteiger partial charge in [-0.15, -0.1) is 0 Å². The highest BCUT2D eigenvalue weighted by Gasteiger charge is 2.29. The molecule has 0 saturated carbocycles. The fourth-order valence-corrected chi connectivity index (χ4v) is 3.85. The molecular formula is C20H19F3N4O5S. The van der Waals surface area contributed by atoms with Crippen LogP contribution >= 0.6 is 11.8 Å². The minimum absolute atomic E-state index is 0.0111. The van der Waals surface area contributed by atoms with Gasteiger partial charge in [-0.2, -0.15) is 13.2 Å². The maximum Gasteiger partial charge on any atom is 0.398 e. The van der Waals surface area contributed by atoms with Gasteiger partial charge in [-0.05, 0) is 24.3 Å². The van der Waals surface area contributed by atoms with Crippen LogP contribution in [0.3, 0.4) is 0 Å². The zero-order chi connectivity index (χ0) is 24.0. The number of nitrogens with zero attached hydrogens (tertiary/aromatic N) is 4. The molecule has 1 aliphatic rings. The number of pyridine rings is 1. The molecule has 0 aliphatic carbocycles. The second-order valence-corrected chi connectivity index (χ2v) is 7.94. The van der Waals surface area contributed by atoms with Gasteiger partial charge in [0, 0.05) is 50.2 Å². The highest BCUT2D eigenvalue weighted by Crippen LogP contribution is 2.28. The third-order valence-corrected chi connectivity index (χ3v) is 5.82. The number of amides is 1. The number of piperazine rings is 1. The lowest BCUT2D eigenvalue weighted by Gasteiger charge is -2.36. The molecule has 33 heavy (non-hydrogen) atoms. The third-order valence-electron chi connectivity index (χ3n) is 4.75. The second kappa shape index (κ2) is 10.5. The summed E-state index contributed by atoms with van der Waals surface area (Å²) in [6, 6.07) is 8.78. The predicted octanol–water partition coefficient (Wildman–Crippen LogP) is 3.15. The first-order chi connectivity index (χ1) is 15.6. The smallest absolute Gasteiger partial charge is 0.398 e. The molecule has 176 valence electrons. The summed E-state index contributed by atoms with van der Waals surface area (Å²) in [7, 11) is 0. The monoisotopic (exact) mass is 484 g/mol. The van der Waals surface area contributed by atoms with Crippen molar-refractivity contribution in [2.24, 2.45) is 0 Å². The summed E-state index contributed by atoms with van der Waals surface area (Å²) >= 11 is 0.370. The Hall–Kier alpha value is -3.35. The molecule has 1 saturated heterocycles. The molecule has 13 heteroatoms. The number of nitro groups is 1. The number of nitro benzene ring substituents is 1. The number of non-ortho nitro benzene ring substituents is 1. The van der Waals surface area contributed by atoms with Gasteiger partial charge < -0.3 is 14.5 Å². The third kappa shape index (κ3) is 6.81. The molecule has 1 aromatic heterocycles. The molecule has 2 aromatic rings. The predicted molar refractivity (Wildman–Crippen MR) is 113 cm³/mol. The standard InChI is InChI=1S/C20H19F3N4O5S/c21-20(22,23)13-33-18-16(2-1-7-24-18)19(29)32-12-17(28)26-10-8-25(9-11-26)14-3-5-15(6-4-14)27(30)31/h1-7H,8-13H2. The molecule has 0 spiro atoms. The first-order valence-electron chi connectivity index (χ1n) is 9.73. The van der Waals surface area contributed by atoms with E-state index in [-0.39, 0.29) is 16.3 Å². The number of thioether (sulfide) groups is 1. The lowest BCUT2D eigenvalue weighted by Crippen LogP contribution is -2.49. The van der Waals surface area contributed by atoms with Crippen LogP contribution in [0.2, 0.25) is 0 Å². The minimum atomic E-state index is -4.42. The summed E-state index contributed by atoms with van der Waals surface area (Å²) in [5, 5.41) is 10.6. The van der Waals surface area contributed by atoms with E-state index >= 15 is 0 Å². The largest absolute Gasteiger partial charge is 0.452 e. The number of hydrogen-bond donors (Lipinski definition) is 0. The van der Waals surface area contributed by atoms with E-state index < -0.39 is 35.3 Å². The zero-order valence-corrected chi connectivity index (χ0v) is 18.0. The maximum atomic E-state index is 12.5. The Balaban J connectivity index is 1.50. The number of aromatic nitrogens is 1. The lowest BCUT2D eigenvalue weighted by atomic mass is 10.2. The Morgan fingerprint density at radius 1 is 1.12 bits per heavy atom. The number of alkyl halides is 3. The fourth-order valence-electron chi connectivity index (χ4n) is 3.11. The highest BCUT2D eigenvalue weighted by molar-refractivity contribution is 7.99. The van der Waals surface area contributed by atoms with Crippen molar-refractivity contribution < 1.29 is 32.4 Å². The van der Waals surface area contributed by atoms with Crippen LogP contribution in [0.1, 0.15) is 10.4 Å². The molecule has 0 atom stereocenters. The summed E-state index contributed by atoms with van der Waals surface area (Å²) in [5.41, 5.74) is 0.644. The Labute approximate surface area is 190 Å². The zero-order valence-electron chi connectivity index (χ0n) is 17.2. The van der Waals surface area contributed by atoms with E-state index in [1.807, 2.05) is 4.90 Å².